The number of benzene rings is 1. The third kappa shape index (κ3) is 3.63. The molecule has 0 amide bonds. The predicted molar refractivity (Wildman–Crippen MR) is 91.6 cm³/mol. The molecule has 8 heteroatoms. The highest BCUT2D eigenvalue weighted by Gasteiger charge is 2.70. The normalized spacial score (nSPS) is 23.2. The van der Waals surface area contributed by atoms with Crippen molar-refractivity contribution in [1.82, 2.24) is 0 Å². The highest BCUT2D eigenvalue weighted by atomic mass is 31.2. The van der Waals surface area contributed by atoms with E-state index < -0.39 is 19.2 Å². The second kappa shape index (κ2) is 6.99. The quantitative estimate of drug-likeness (QED) is 0.554. The minimum absolute atomic E-state index is 0.0366. The van der Waals surface area contributed by atoms with Crippen LogP contribution in [0.2, 0.25) is 0 Å². The summed E-state index contributed by atoms with van der Waals surface area (Å²) in [5, 5.41) is 0. The molecule has 1 unspecified atom stereocenters. The van der Waals surface area contributed by atoms with Gasteiger partial charge in [0, 0.05) is 5.56 Å². The van der Waals surface area contributed by atoms with Crippen molar-refractivity contribution >= 4 is 7.82 Å². The van der Waals surface area contributed by atoms with E-state index in [4.69, 9.17) is 28.8 Å². The molecule has 2 rings (SSSR count). The van der Waals surface area contributed by atoms with Crippen LogP contribution in [0.5, 0.6) is 5.75 Å². The van der Waals surface area contributed by atoms with Crippen LogP contribution in [0.25, 0.3) is 0 Å². The van der Waals surface area contributed by atoms with E-state index >= 15 is 0 Å². The van der Waals surface area contributed by atoms with E-state index in [0.717, 1.165) is 0 Å². The number of hydrogen-bond donors (Lipinski definition) is 2. The Hall–Kier alpha value is -0.950. The maximum absolute atomic E-state index is 11.2. The summed E-state index contributed by atoms with van der Waals surface area (Å²) in [5.74, 6) is -1.04. The molecule has 0 aromatic heterocycles. The number of ether oxygens (including phenoxy) is 1. The molecule has 0 saturated carbocycles. The van der Waals surface area contributed by atoms with Crippen molar-refractivity contribution in [3.05, 3.63) is 29.8 Å². The molecule has 0 radical (unpaired) electrons. The molecule has 7 nitrogen and oxygen atoms in total. The van der Waals surface area contributed by atoms with Gasteiger partial charge in [0.2, 0.25) is 0 Å². The molecule has 1 aliphatic heterocycles. The Labute approximate surface area is 148 Å². The fourth-order valence-electron chi connectivity index (χ4n) is 3.51. The minimum Gasteiger partial charge on any atom is -0.404 e. The van der Waals surface area contributed by atoms with Gasteiger partial charge in [0.05, 0.1) is 6.10 Å². The third-order valence-corrected chi connectivity index (χ3v) is 4.82. The van der Waals surface area contributed by atoms with Crippen molar-refractivity contribution in [1.29, 1.82) is 0 Å². The smallest absolute Gasteiger partial charge is 0.404 e. The monoisotopic (exact) mass is 374 g/mol. The summed E-state index contributed by atoms with van der Waals surface area (Å²) in [6.07, 6.45) is -0.160. The van der Waals surface area contributed by atoms with Crippen molar-refractivity contribution < 1.29 is 33.4 Å². The highest BCUT2D eigenvalue weighted by Crippen LogP contribution is 2.58. The van der Waals surface area contributed by atoms with Gasteiger partial charge in [-0.15, -0.1) is 0 Å². The van der Waals surface area contributed by atoms with Gasteiger partial charge in [0.15, 0.2) is 5.60 Å². The molecule has 0 aliphatic carbocycles. The average molecular weight is 374 g/mol. The topological polar surface area (TPSA) is 94.5 Å². The first-order chi connectivity index (χ1) is 11.4. The zero-order chi connectivity index (χ0) is 19.0. The lowest BCUT2D eigenvalue weighted by molar-refractivity contribution is -0.640. The molecule has 0 bridgehead atoms. The van der Waals surface area contributed by atoms with Crippen LogP contribution in [0.1, 0.15) is 47.1 Å². The van der Waals surface area contributed by atoms with Gasteiger partial charge in [-0.1, -0.05) is 39.8 Å². The Kier molecular flexibility index (Phi) is 5.69. The molecule has 25 heavy (non-hydrogen) atoms. The summed E-state index contributed by atoms with van der Waals surface area (Å²) in [7, 11) is -4.66. The zero-order valence-corrected chi connectivity index (χ0v) is 16.3. The van der Waals surface area contributed by atoms with Gasteiger partial charge >= 0.3 is 7.82 Å². The Morgan fingerprint density at radius 2 is 1.64 bits per heavy atom. The summed E-state index contributed by atoms with van der Waals surface area (Å²) in [6.45, 7) is 11.9. The summed E-state index contributed by atoms with van der Waals surface area (Å²) in [5.41, 5.74) is -0.168. The molecular weight excluding hydrogens is 347 g/mol. The summed E-state index contributed by atoms with van der Waals surface area (Å²) in [4.78, 5) is 29.3. The summed E-state index contributed by atoms with van der Waals surface area (Å²) in [6, 6.07) is 6.40. The number of hydrogen-bond acceptors (Lipinski definition) is 5. The van der Waals surface area contributed by atoms with Gasteiger partial charge in [-0.25, -0.2) is 9.45 Å². The Balaban J connectivity index is 2.56. The van der Waals surface area contributed by atoms with Crippen LogP contribution in [-0.2, 0) is 24.9 Å². The fraction of sp³-hybridized carbons (Fsp3) is 0.647. The molecule has 1 fully saturated rings. The van der Waals surface area contributed by atoms with E-state index in [2.05, 4.69) is 0 Å². The number of phosphoric ester groups is 1. The van der Waals surface area contributed by atoms with Gasteiger partial charge in [-0.2, -0.15) is 4.89 Å². The maximum atomic E-state index is 11.2. The first kappa shape index (κ1) is 20.4. The van der Waals surface area contributed by atoms with Crippen LogP contribution in [0, 0.1) is 11.8 Å². The lowest BCUT2D eigenvalue weighted by Crippen LogP contribution is -2.71. The number of rotatable bonds is 7. The van der Waals surface area contributed by atoms with Crippen molar-refractivity contribution in [3.63, 3.8) is 0 Å². The van der Waals surface area contributed by atoms with Gasteiger partial charge in [0.1, 0.15) is 5.75 Å². The first-order valence-electron chi connectivity index (χ1n) is 8.35. The number of phosphoric acid groups is 1. The molecule has 1 atom stereocenters. The standard InChI is InChI=1S/C17H27O7P/c1-11(2)16(12(3)4)17(24-23-16,21-13(5)6)14-8-7-9-15(10-14)22-25(18,19)20/h7-13H,1-6H3,(H2,18,19,20). The lowest BCUT2D eigenvalue weighted by atomic mass is 9.70. The van der Waals surface area contributed by atoms with E-state index in [1.165, 1.54) is 12.1 Å². The van der Waals surface area contributed by atoms with E-state index in [1.54, 1.807) is 12.1 Å². The Morgan fingerprint density at radius 3 is 2.04 bits per heavy atom. The van der Waals surface area contributed by atoms with E-state index in [9.17, 15) is 4.57 Å². The highest BCUT2D eigenvalue weighted by molar-refractivity contribution is 7.46. The van der Waals surface area contributed by atoms with Crippen LogP contribution in [0.15, 0.2) is 24.3 Å². The van der Waals surface area contributed by atoms with Gasteiger partial charge in [-0.3, -0.25) is 9.79 Å². The van der Waals surface area contributed by atoms with Crippen LogP contribution in [0.3, 0.4) is 0 Å². The van der Waals surface area contributed by atoms with E-state index in [0.29, 0.717) is 5.56 Å². The second-order valence-electron chi connectivity index (χ2n) is 7.16. The third-order valence-electron chi connectivity index (χ3n) is 4.37. The van der Waals surface area contributed by atoms with Crippen molar-refractivity contribution in [2.24, 2.45) is 11.8 Å². The minimum atomic E-state index is -4.66. The molecule has 142 valence electrons. The predicted octanol–water partition coefficient (Wildman–Crippen LogP) is 3.75. The van der Waals surface area contributed by atoms with Crippen molar-refractivity contribution in [3.8, 4) is 5.75 Å². The summed E-state index contributed by atoms with van der Waals surface area (Å²) < 4.78 is 22.1. The van der Waals surface area contributed by atoms with Gasteiger partial charge in [-0.05, 0) is 37.8 Å². The first-order valence-corrected chi connectivity index (χ1v) is 9.88. The molecule has 1 aliphatic rings. The Morgan fingerprint density at radius 1 is 1.04 bits per heavy atom. The van der Waals surface area contributed by atoms with Crippen LogP contribution in [0.4, 0.5) is 0 Å². The molecule has 2 N–H and O–H groups in total. The van der Waals surface area contributed by atoms with Crippen molar-refractivity contribution in [2.45, 2.75) is 59.0 Å². The summed E-state index contributed by atoms with van der Waals surface area (Å²) >= 11 is 0. The second-order valence-corrected chi connectivity index (χ2v) is 8.33. The Bertz CT molecular complexity index is 644. The largest absolute Gasteiger partial charge is 0.524 e. The molecule has 1 saturated heterocycles. The lowest BCUT2D eigenvalue weighted by Gasteiger charge is -2.60. The molecule has 0 spiro atoms. The van der Waals surface area contributed by atoms with Crippen LogP contribution >= 0.6 is 7.82 Å². The van der Waals surface area contributed by atoms with Gasteiger partial charge < -0.3 is 9.26 Å². The SMILES string of the molecule is CC(C)OC1(c2cccc(OP(=O)(O)O)c2)OOC1(C(C)C)C(C)C. The molecule has 1 aromatic rings. The van der Waals surface area contributed by atoms with Crippen LogP contribution < -0.4 is 4.52 Å². The van der Waals surface area contributed by atoms with Gasteiger partial charge in [0.25, 0.3) is 5.79 Å². The van der Waals surface area contributed by atoms with E-state index in [1.807, 2.05) is 41.5 Å². The van der Waals surface area contributed by atoms with E-state index in [-0.39, 0.29) is 23.7 Å². The van der Waals surface area contributed by atoms with Crippen molar-refractivity contribution in [2.75, 3.05) is 0 Å². The molecule has 1 heterocycles. The maximum Gasteiger partial charge on any atom is 0.524 e. The fourth-order valence-corrected chi connectivity index (χ4v) is 3.90. The van der Waals surface area contributed by atoms with Crippen LogP contribution in [-0.4, -0.2) is 21.5 Å². The molecular formula is C17H27O7P. The zero-order valence-electron chi connectivity index (χ0n) is 15.4. The molecule has 1 aromatic carbocycles. The average Bonchev–Trinajstić information content (AvgIpc) is 2.41.